The van der Waals surface area contributed by atoms with Crippen molar-refractivity contribution in [2.24, 2.45) is 0 Å². The molecule has 2 unspecified atom stereocenters. The number of sulfonamides is 1. The summed E-state index contributed by atoms with van der Waals surface area (Å²) < 4.78 is 28.9. The highest BCUT2D eigenvalue weighted by atomic mass is 32.2. The maximum Gasteiger partial charge on any atom is 0.215 e. The van der Waals surface area contributed by atoms with E-state index in [0.29, 0.717) is 18.8 Å². The Balaban J connectivity index is 1.64. The summed E-state index contributed by atoms with van der Waals surface area (Å²) in [7, 11) is -3.32. The minimum Gasteiger partial charge on any atom is -0.249 e. The molecule has 21 heavy (non-hydrogen) atoms. The molecule has 1 fully saturated rings. The van der Waals surface area contributed by atoms with Crippen LogP contribution in [0.2, 0.25) is 0 Å². The highest BCUT2D eigenvalue weighted by molar-refractivity contribution is 7.90. The monoisotopic (exact) mass is 306 g/mol. The van der Waals surface area contributed by atoms with Crippen molar-refractivity contribution in [3.05, 3.63) is 48.0 Å². The van der Waals surface area contributed by atoms with Gasteiger partial charge in [0, 0.05) is 12.5 Å². The lowest BCUT2D eigenvalue weighted by molar-refractivity contribution is 0.565. The maximum atomic E-state index is 12.3. The maximum absolute atomic E-state index is 12.3. The van der Waals surface area contributed by atoms with Crippen molar-refractivity contribution < 1.29 is 8.42 Å². The van der Waals surface area contributed by atoms with Crippen LogP contribution < -0.4 is 4.72 Å². The third-order valence-corrected chi connectivity index (χ3v) is 5.65. The number of hydrogen-bond acceptors (Lipinski definition) is 4. The van der Waals surface area contributed by atoms with E-state index in [2.05, 4.69) is 14.8 Å². The zero-order chi connectivity index (χ0) is 14.9. The third kappa shape index (κ3) is 2.98. The molecule has 1 aliphatic rings. The van der Waals surface area contributed by atoms with E-state index in [9.17, 15) is 8.42 Å². The molecule has 1 saturated carbocycles. The van der Waals surface area contributed by atoms with Crippen LogP contribution in [0.15, 0.2) is 36.7 Å². The molecule has 6 nitrogen and oxygen atoms in total. The Labute approximate surface area is 124 Å². The molecule has 3 rings (SSSR count). The highest BCUT2D eigenvalue weighted by Crippen LogP contribution is 2.45. The Morgan fingerprint density at radius 3 is 2.81 bits per heavy atom. The fraction of sp³-hybridized carbons (Fsp3) is 0.429. The molecule has 1 N–H and O–H groups in total. The Morgan fingerprint density at radius 1 is 1.33 bits per heavy atom. The fourth-order valence-corrected chi connectivity index (χ4v) is 4.12. The molecule has 0 radical (unpaired) electrons. The minimum atomic E-state index is -3.32. The number of aromatic nitrogens is 3. The summed E-state index contributed by atoms with van der Waals surface area (Å²) in [5, 5.41) is 3.69. The second-order valence-electron chi connectivity index (χ2n) is 5.15. The topological polar surface area (TPSA) is 76.9 Å². The summed E-state index contributed by atoms with van der Waals surface area (Å²) in [5.74, 6) is 0.741. The van der Waals surface area contributed by atoms with Gasteiger partial charge in [-0.1, -0.05) is 30.3 Å². The van der Waals surface area contributed by atoms with Crippen LogP contribution in [0.5, 0.6) is 0 Å². The number of nitrogens with one attached hydrogen (secondary N) is 1. The highest BCUT2D eigenvalue weighted by Gasteiger charge is 2.47. The van der Waals surface area contributed by atoms with Crippen LogP contribution in [0.3, 0.4) is 0 Å². The van der Waals surface area contributed by atoms with E-state index < -0.39 is 10.0 Å². The van der Waals surface area contributed by atoms with Crippen LogP contribution in [0.25, 0.3) is 0 Å². The summed E-state index contributed by atoms with van der Waals surface area (Å²) in [6, 6.07) is 9.77. The Kier molecular flexibility index (Phi) is 3.77. The van der Waals surface area contributed by atoms with Crippen molar-refractivity contribution in [1.82, 2.24) is 19.5 Å². The second kappa shape index (κ2) is 5.57. The average molecular weight is 306 g/mol. The number of benzene rings is 1. The fourth-order valence-electron chi connectivity index (χ4n) is 2.53. The van der Waals surface area contributed by atoms with Gasteiger partial charge in [0.1, 0.15) is 12.2 Å². The first-order valence-corrected chi connectivity index (χ1v) is 8.56. The average Bonchev–Trinajstić information content (AvgIpc) is 3.19. The van der Waals surface area contributed by atoms with Gasteiger partial charge in [0.25, 0.3) is 0 Å². The molecule has 2 aromatic rings. The molecule has 7 heteroatoms. The molecule has 0 spiro atoms. The summed E-state index contributed by atoms with van der Waals surface area (Å²) in [6.07, 6.45) is 2.12. The largest absolute Gasteiger partial charge is 0.249 e. The third-order valence-electron chi connectivity index (χ3n) is 3.78. The molecule has 112 valence electrons. The minimum absolute atomic E-state index is 0.104. The molecular formula is C14H18N4O2S. The zero-order valence-electron chi connectivity index (χ0n) is 11.8. The zero-order valence-corrected chi connectivity index (χ0v) is 12.6. The normalized spacial score (nSPS) is 21.4. The molecule has 0 amide bonds. The molecule has 1 aliphatic carbocycles. The van der Waals surface area contributed by atoms with Gasteiger partial charge in [-0.05, 0) is 18.9 Å². The van der Waals surface area contributed by atoms with Gasteiger partial charge in [-0.25, -0.2) is 22.8 Å². The van der Waals surface area contributed by atoms with E-state index >= 15 is 0 Å². The first-order valence-electron chi connectivity index (χ1n) is 7.02. The van der Waals surface area contributed by atoms with E-state index in [1.807, 2.05) is 37.3 Å². The second-order valence-corrected chi connectivity index (χ2v) is 7.13. The van der Waals surface area contributed by atoms with E-state index in [1.54, 1.807) is 4.68 Å². The Hall–Kier alpha value is -1.73. The van der Waals surface area contributed by atoms with Crippen molar-refractivity contribution in [1.29, 1.82) is 0 Å². The van der Waals surface area contributed by atoms with Crippen molar-refractivity contribution in [2.75, 3.05) is 0 Å². The van der Waals surface area contributed by atoms with Crippen molar-refractivity contribution >= 4 is 10.0 Å². The van der Waals surface area contributed by atoms with Crippen LogP contribution >= 0.6 is 0 Å². The van der Waals surface area contributed by atoms with Crippen molar-refractivity contribution in [3.8, 4) is 0 Å². The van der Waals surface area contributed by atoms with E-state index in [0.717, 1.165) is 5.56 Å². The summed E-state index contributed by atoms with van der Waals surface area (Å²) in [4.78, 5) is 4.07. The van der Waals surface area contributed by atoms with Gasteiger partial charge in [-0.15, -0.1) is 0 Å². The SMILES string of the molecule is CCn1ncnc1CNS(=O)(=O)C1CC1c1ccccc1. The number of hydrogen-bond donors (Lipinski definition) is 1. The number of nitrogens with zero attached hydrogens (tertiary/aromatic N) is 3. The summed E-state index contributed by atoms with van der Waals surface area (Å²) >= 11 is 0. The van der Waals surface area contributed by atoms with Gasteiger partial charge >= 0.3 is 0 Å². The van der Waals surface area contributed by atoms with Crippen molar-refractivity contribution in [3.63, 3.8) is 0 Å². The van der Waals surface area contributed by atoms with Gasteiger partial charge in [-0.2, -0.15) is 5.10 Å². The quantitative estimate of drug-likeness (QED) is 0.872. The van der Waals surface area contributed by atoms with Crippen LogP contribution in [-0.2, 0) is 23.1 Å². The molecule has 2 atom stereocenters. The summed E-state index contributed by atoms with van der Waals surface area (Å²) in [5.41, 5.74) is 1.09. The molecule has 0 saturated heterocycles. The lowest BCUT2D eigenvalue weighted by Gasteiger charge is -2.07. The number of aryl methyl sites for hydroxylation is 1. The predicted molar refractivity (Wildman–Crippen MR) is 79.0 cm³/mol. The van der Waals surface area contributed by atoms with Crippen molar-refractivity contribution in [2.45, 2.75) is 37.6 Å². The van der Waals surface area contributed by atoms with Gasteiger partial charge in [-0.3, -0.25) is 0 Å². The van der Waals surface area contributed by atoms with Gasteiger partial charge in [0.15, 0.2) is 0 Å². The smallest absolute Gasteiger partial charge is 0.215 e. The van der Waals surface area contributed by atoms with Gasteiger partial charge in [0.2, 0.25) is 10.0 Å². The van der Waals surface area contributed by atoms with Crippen LogP contribution in [0.1, 0.15) is 30.7 Å². The standard InChI is InChI=1S/C14H18N4O2S/c1-2-18-14(15-10-16-18)9-17-21(19,20)13-8-12(13)11-6-4-3-5-7-11/h3-7,10,12-13,17H,2,8-9H2,1H3. The molecule has 1 aromatic heterocycles. The summed E-state index contributed by atoms with van der Waals surface area (Å²) in [6.45, 7) is 2.81. The van der Waals surface area contributed by atoms with Crippen LogP contribution in [0, 0.1) is 0 Å². The molecule has 0 aliphatic heterocycles. The number of rotatable bonds is 6. The first kappa shape index (κ1) is 14.2. The van der Waals surface area contributed by atoms with Gasteiger partial charge in [0.05, 0.1) is 11.8 Å². The predicted octanol–water partition coefficient (Wildman–Crippen LogP) is 1.27. The van der Waals surface area contributed by atoms with Crippen LogP contribution in [0.4, 0.5) is 0 Å². The Morgan fingerprint density at radius 2 is 2.10 bits per heavy atom. The lowest BCUT2D eigenvalue weighted by Crippen LogP contribution is -2.29. The Bertz CT molecular complexity index is 712. The molecule has 1 aromatic carbocycles. The van der Waals surface area contributed by atoms with E-state index in [4.69, 9.17) is 0 Å². The van der Waals surface area contributed by atoms with Gasteiger partial charge < -0.3 is 0 Å². The van der Waals surface area contributed by atoms with E-state index in [1.165, 1.54) is 6.33 Å². The lowest BCUT2D eigenvalue weighted by atomic mass is 10.1. The molecular weight excluding hydrogens is 288 g/mol. The first-order chi connectivity index (χ1) is 10.1. The van der Waals surface area contributed by atoms with Crippen LogP contribution in [-0.4, -0.2) is 28.4 Å². The molecule has 1 heterocycles. The molecule has 0 bridgehead atoms. The van der Waals surface area contributed by atoms with E-state index in [-0.39, 0.29) is 17.7 Å².